The molecule has 20 heavy (non-hydrogen) atoms. The Balaban J connectivity index is 2.02. The Kier molecular flexibility index (Phi) is 4.91. The molecule has 5 N–H and O–H groups in total. The van der Waals surface area contributed by atoms with Crippen LogP contribution in [-0.4, -0.2) is 38.8 Å². The minimum atomic E-state index is -0.688. The van der Waals surface area contributed by atoms with Crippen molar-refractivity contribution in [3.63, 3.8) is 0 Å². The van der Waals surface area contributed by atoms with E-state index < -0.39 is 5.60 Å². The predicted octanol–water partition coefficient (Wildman–Crippen LogP) is 0.663. The average molecular weight is 282 g/mol. The van der Waals surface area contributed by atoms with Gasteiger partial charge in [0.05, 0.1) is 12.2 Å². The highest BCUT2D eigenvalue weighted by atomic mass is 16.5. The molecule has 8 heteroatoms. The maximum Gasteiger partial charge on any atom is 0.323 e. The smallest absolute Gasteiger partial charge is 0.323 e. The average Bonchev–Trinajstić information content (AvgIpc) is 2.46. The van der Waals surface area contributed by atoms with E-state index in [1.54, 1.807) is 0 Å². The van der Waals surface area contributed by atoms with Crippen LogP contribution in [0.1, 0.15) is 39.0 Å². The van der Waals surface area contributed by atoms with E-state index in [-0.39, 0.29) is 12.0 Å². The lowest BCUT2D eigenvalue weighted by molar-refractivity contribution is 0.0165. The Hall–Kier alpha value is -1.67. The van der Waals surface area contributed by atoms with Gasteiger partial charge in [-0.15, -0.1) is 0 Å². The number of hydrazine groups is 1. The summed E-state index contributed by atoms with van der Waals surface area (Å²) >= 11 is 0. The van der Waals surface area contributed by atoms with Crippen molar-refractivity contribution < 1.29 is 9.84 Å². The number of nitrogens with two attached hydrogens (primary N) is 1. The normalized spacial score (nSPS) is 17.6. The summed E-state index contributed by atoms with van der Waals surface area (Å²) in [4.78, 5) is 12.2. The van der Waals surface area contributed by atoms with Gasteiger partial charge in [0.2, 0.25) is 11.9 Å². The van der Waals surface area contributed by atoms with Crippen molar-refractivity contribution in [2.45, 2.75) is 44.6 Å². The number of hydrogen-bond acceptors (Lipinski definition) is 8. The fraction of sp³-hybridized carbons (Fsp3) is 0.750. The molecule has 0 aliphatic heterocycles. The highest BCUT2D eigenvalue weighted by Crippen LogP contribution is 2.28. The van der Waals surface area contributed by atoms with E-state index >= 15 is 0 Å². The Morgan fingerprint density at radius 1 is 1.20 bits per heavy atom. The molecule has 1 aliphatic carbocycles. The highest BCUT2D eigenvalue weighted by Gasteiger charge is 2.29. The zero-order valence-corrected chi connectivity index (χ0v) is 11.7. The summed E-state index contributed by atoms with van der Waals surface area (Å²) in [6.45, 7) is 2.71. The second-order valence-corrected chi connectivity index (χ2v) is 4.98. The van der Waals surface area contributed by atoms with E-state index in [4.69, 9.17) is 10.6 Å². The van der Waals surface area contributed by atoms with Gasteiger partial charge >= 0.3 is 6.01 Å². The minimum absolute atomic E-state index is 0.202. The van der Waals surface area contributed by atoms with Gasteiger partial charge in [0, 0.05) is 6.54 Å². The Morgan fingerprint density at radius 2 is 1.90 bits per heavy atom. The molecular weight excluding hydrogens is 260 g/mol. The van der Waals surface area contributed by atoms with Gasteiger partial charge in [-0.25, -0.2) is 5.84 Å². The van der Waals surface area contributed by atoms with Crippen LogP contribution in [0.4, 0.5) is 11.9 Å². The second kappa shape index (κ2) is 6.67. The highest BCUT2D eigenvalue weighted by molar-refractivity contribution is 5.35. The van der Waals surface area contributed by atoms with E-state index in [0.717, 1.165) is 25.7 Å². The van der Waals surface area contributed by atoms with Gasteiger partial charge in [-0.05, 0) is 19.8 Å². The molecule has 0 amide bonds. The van der Waals surface area contributed by atoms with Crippen molar-refractivity contribution in [3.05, 3.63) is 0 Å². The Bertz CT molecular complexity index is 436. The summed E-state index contributed by atoms with van der Waals surface area (Å²) in [5, 5.41) is 13.5. The monoisotopic (exact) mass is 282 g/mol. The first kappa shape index (κ1) is 14.7. The van der Waals surface area contributed by atoms with E-state index in [1.165, 1.54) is 6.42 Å². The Labute approximate surface area is 118 Å². The van der Waals surface area contributed by atoms with Crippen LogP contribution in [0, 0.1) is 0 Å². The van der Waals surface area contributed by atoms with Gasteiger partial charge in [-0.3, -0.25) is 5.43 Å². The maximum atomic E-state index is 10.4. The molecule has 1 fully saturated rings. The minimum Gasteiger partial charge on any atom is -0.464 e. The molecule has 0 bridgehead atoms. The molecule has 0 spiro atoms. The quantitative estimate of drug-likeness (QED) is 0.444. The van der Waals surface area contributed by atoms with Gasteiger partial charge in [-0.1, -0.05) is 19.3 Å². The van der Waals surface area contributed by atoms with Crippen LogP contribution in [0.2, 0.25) is 0 Å². The third kappa shape index (κ3) is 3.91. The fourth-order valence-corrected chi connectivity index (χ4v) is 2.32. The van der Waals surface area contributed by atoms with Gasteiger partial charge < -0.3 is 15.2 Å². The molecule has 1 saturated carbocycles. The first-order chi connectivity index (χ1) is 9.65. The van der Waals surface area contributed by atoms with Crippen LogP contribution in [0.25, 0.3) is 0 Å². The van der Waals surface area contributed by atoms with Crippen LogP contribution in [0.3, 0.4) is 0 Å². The molecule has 0 radical (unpaired) electrons. The zero-order valence-electron chi connectivity index (χ0n) is 11.7. The van der Waals surface area contributed by atoms with Gasteiger partial charge in [-0.2, -0.15) is 15.0 Å². The van der Waals surface area contributed by atoms with E-state index in [0.29, 0.717) is 19.1 Å². The van der Waals surface area contributed by atoms with Crippen LogP contribution in [0.15, 0.2) is 0 Å². The summed E-state index contributed by atoms with van der Waals surface area (Å²) < 4.78 is 5.25. The maximum absolute atomic E-state index is 10.4. The molecule has 112 valence electrons. The van der Waals surface area contributed by atoms with E-state index in [2.05, 4.69) is 25.7 Å². The molecule has 0 saturated heterocycles. The van der Waals surface area contributed by atoms with Crippen LogP contribution in [0.5, 0.6) is 6.01 Å². The molecule has 0 unspecified atom stereocenters. The number of anilines is 2. The molecule has 8 nitrogen and oxygen atoms in total. The number of aromatic nitrogens is 3. The summed E-state index contributed by atoms with van der Waals surface area (Å²) in [6.07, 6.45) is 4.88. The molecule has 2 rings (SSSR count). The van der Waals surface area contributed by atoms with E-state index in [1.807, 2.05) is 6.92 Å². The molecule has 1 aromatic heterocycles. The number of hydrogen-bond donors (Lipinski definition) is 4. The van der Waals surface area contributed by atoms with Crippen molar-refractivity contribution in [1.82, 2.24) is 15.0 Å². The first-order valence-corrected chi connectivity index (χ1v) is 6.97. The van der Waals surface area contributed by atoms with Gasteiger partial charge in [0.25, 0.3) is 0 Å². The number of nitrogen functional groups attached to an aromatic ring is 1. The molecule has 1 aliphatic rings. The molecule has 1 aromatic rings. The van der Waals surface area contributed by atoms with Crippen molar-refractivity contribution in [2.24, 2.45) is 5.84 Å². The number of rotatable bonds is 6. The summed E-state index contributed by atoms with van der Waals surface area (Å²) in [5.74, 6) is 5.88. The third-order valence-electron chi connectivity index (χ3n) is 3.38. The van der Waals surface area contributed by atoms with Crippen LogP contribution >= 0.6 is 0 Å². The lowest BCUT2D eigenvalue weighted by atomic mass is 9.85. The van der Waals surface area contributed by atoms with E-state index in [9.17, 15) is 5.11 Å². The first-order valence-electron chi connectivity index (χ1n) is 6.97. The summed E-state index contributed by atoms with van der Waals surface area (Å²) in [7, 11) is 0. The lowest BCUT2D eigenvalue weighted by Gasteiger charge is -2.32. The Morgan fingerprint density at radius 3 is 2.55 bits per heavy atom. The molecular formula is C12H22N6O2. The summed E-state index contributed by atoms with van der Waals surface area (Å²) in [5.41, 5.74) is 1.68. The number of ether oxygens (including phenoxy) is 1. The summed E-state index contributed by atoms with van der Waals surface area (Å²) in [6, 6.07) is 0.202. The molecule has 0 atom stereocenters. The molecule has 0 aromatic carbocycles. The van der Waals surface area contributed by atoms with Crippen molar-refractivity contribution in [3.8, 4) is 6.01 Å². The molecule has 1 heterocycles. The second-order valence-electron chi connectivity index (χ2n) is 4.98. The van der Waals surface area contributed by atoms with Crippen LogP contribution < -0.4 is 21.3 Å². The fourth-order valence-electron chi connectivity index (χ4n) is 2.32. The lowest BCUT2D eigenvalue weighted by Crippen LogP contribution is -2.39. The number of nitrogens with zero attached hydrogens (tertiary/aromatic N) is 3. The van der Waals surface area contributed by atoms with Crippen molar-refractivity contribution in [2.75, 3.05) is 23.9 Å². The topological polar surface area (TPSA) is 118 Å². The van der Waals surface area contributed by atoms with Crippen LogP contribution in [-0.2, 0) is 0 Å². The van der Waals surface area contributed by atoms with Gasteiger partial charge in [0.15, 0.2) is 0 Å². The SMILES string of the molecule is CCOc1nc(NN)nc(NCC2(O)CCCCC2)n1. The standard InChI is InChI=1S/C12H22N6O2/c1-2-20-11-16-9(15-10(17-11)18-13)14-8-12(19)6-4-3-5-7-12/h19H,2-8,13H2,1H3,(H2,14,15,16,17,18). The third-order valence-corrected chi connectivity index (χ3v) is 3.38. The predicted molar refractivity (Wildman–Crippen MR) is 75.3 cm³/mol. The zero-order chi connectivity index (χ0) is 14.4. The number of nitrogens with one attached hydrogen (secondary N) is 2. The van der Waals surface area contributed by atoms with Crippen molar-refractivity contribution >= 4 is 11.9 Å². The van der Waals surface area contributed by atoms with Crippen molar-refractivity contribution in [1.29, 1.82) is 0 Å². The largest absolute Gasteiger partial charge is 0.464 e. The number of aliphatic hydroxyl groups is 1. The van der Waals surface area contributed by atoms with Gasteiger partial charge in [0.1, 0.15) is 0 Å².